The first kappa shape index (κ1) is 19.8. The smallest absolute Gasteiger partial charge is 0.209 e. The molecule has 1 aliphatic rings. The Morgan fingerprint density at radius 2 is 1.85 bits per heavy atom. The highest BCUT2D eigenvalue weighted by Crippen LogP contribution is 2.23. The van der Waals surface area contributed by atoms with Crippen LogP contribution in [-0.4, -0.2) is 52.5 Å². The van der Waals surface area contributed by atoms with Gasteiger partial charge in [0.05, 0.1) is 12.3 Å². The van der Waals surface area contributed by atoms with Crippen molar-refractivity contribution in [3.63, 3.8) is 0 Å². The SMILES string of the molecule is CC(C)[C@H](NS(C)(=O)=O)c1nnc2n1CCN(Cc1ccc(O)cc1)CC2. The fourth-order valence-corrected chi connectivity index (χ4v) is 4.19. The largest absolute Gasteiger partial charge is 0.508 e. The van der Waals surface area contributed by atoms with E-state index in [1.54, 1.807) is 12.1 Å². The van der Waals surface area contributed by atoms with E-state index in [0.29, 0.717) is 12.4 Å². The molecule has 1 aromatic carbocycles. The molecule has 8 nitrogen and oxygen atoms in total. The van der Waals surface area contributed by atoms with Gasteiger partial charge in [-0.3, -0.25) is 4.90 Å². The number of sulfonamides is 1. The fraction of sp³-hybridized carbons (Fsp3) is 0.556. The summed E-state index contributed by atoms with van der Waals surface area (Å²) in [5.41, 5.74) is 1.14. The van der Waals surface area contributed by atoms with Crippen molar-refractivity contribution in [2.24, 2.45) is 5.92 Å². The molecule has 0 bridgehead atoms. The van der Waals surface area contributed by atoms with Gasteiger partial charge in [-0.15, -0.1) is 10.2 Å². The first-order valence-electron chi connectivity index (χ1n) is 9.12. The van der Waals surface area contributed by atoms with Crippen molar-refractivity contribution in [1.82, 2.24) is 24.4 Å². The van der Waals surface area contributed by atoms with Crippen LogP contribution in [0.3, 0.4) is 0 Å². The average Bonchev–Trinajstić information content (AvgIpc) is 2.88. The molecule has 9 heteroatoms. The van der Waals surface area contributed by atoms with Crippen molar-refractivity contribution in [2.45, 2.75) is 39.4 Å². The van der Waals surface area contributed by atoms with E-state index in [-0.39, 0.29) is 11.7 Å². The van der Waals surface area contributed by atoms with E-state index < -0.39 is 16.1 Å². The molecule has 3 rings (SSSR count). The van der Waals surface area contributed by atoms with Crippen LogP contribution in [0.5, 0.6) is 5.75 Å². The van der Waals surface area contributed by atoms with Crippen molar-refractivity contribution in [3.8, 4) is 5.75 Å². The molecular formula is C18H27N5O3S. The van der Waals surface area contributed by atoms with Gasteiger partial charge in [-0.05, 0) is 23.6 Å². The van der Waals surface area contributed by atoms with E-state index in [4.69, 9.17) is 0 Å². The van der Waals surface area contributed by atoms with E-state index in [1.165, 1.54) is 6.26 Å². The van der Waals surface area contributed by atoms with Gasteiger partial charge in [0.25, 0.3) is 0 Å². The Kier molecular flexibility index (Phi) is 5.83. The molecule has 2 aromatic rings. The van der Waals surface area contributed by atoms with Crippen molar-refractivity contribution in [2.75, 3.05) is 19.3 Å². The molecule has 0 saturated heterocycles. The van der Waals surface area contributed by atoms with Gasteiger partial charge in [-0.2, -0.15) is 0 Å². The number of aromatic nitrogens is 3. The number of nitrogens with one attached hydrogen (secondary N) is 1. The Hall–Kier alpha value is -1.97. The predicted octanol–water partition coefficient (Wildman–Crippen LogP) is 1.29. The second-order valence-corrected chi connectivity index (χ2v) is 9.21. The van der Waals surface area contributed by atoms with Crippen LogP contribution in [0.1, 0.15) is 37.1 Å². The molecule has 0 fully saturated rings. The van der Waals surface area contributed by atoms with Crippen LogP contribution in [0.4, 0.5) is 0 Å². The maximum atomic E-state index is 11.8. The third-order valence-electron chi connectivity index (χ3n) is 4.78. The molecular weight excluding hydrogens is 366 g/mol. The number of hydrogen-bond donors (Lipinski definition) is 2. The summed E-state index contributed by atoms with van der Waals surface area (Å²) in [5, 5.41) is 18.1. The molecule has 0 radical (unpaired) electrons. The zero-order chi connectivity index (χ0) is 19.6. The molecule has 148 valence electrons. The number of phenolic OH excluding ortho intramolecular Hbond substituents is 1. The monoisotopic (exact) mass is 393 g/mol. The van der Waals surface area contributed by atoms with Crippen molar-refractivity contribution >= 4 is 10.0 Å². The summed E-state index contributed by atoms with van der Waals surface area (Å²) in [4.78, 5) is 2.33. The number of nitrogens with zero attached hydrogens (tertiary/aromatic N) is 4. The van der Waals surface area contributed by atoms with Crippen LogP contribution in [0.25, 0.3) is 0 Å². The maximum Gasteiger partial charge on any atom is 0.209 e. The molecule has 2 N–H and O–H groups in total. The quantitative estimate of drug-likeness (QED) is 0.767. The van der Waals surface area contributed by atoms with Crippen LogP contribution in [-0.2, 0) is 29.5 Å². The molecule has 1 atom stereocenters. The van der Waals surface area contributed by atoms with E-state index in [2.05, 4.69) is 24.4 Å². The predicted molar refractivity (Wildman–Crippen MR) is 103 cm³/mol. The molecule has 0 aliphatic carbocycles. The van der Waals surface area contributed by atoms with Crippen LogP contribution >= 0.6 is 0 Å². The topological polar surface area (TPSA) is 100 Å². The van der Waals surface area contributed by atoms with Gasteiger partial charge in [0.15, 0.2) is 5.82 Å². The second-order valence-electron chi connectivity index (χ2n) is 7.43. The van der Waals surface area contributed by atoms with Gasteiger partial charge in [0.1, 0.15) is 11.6 Å². The van der Waals surface area contributed by atoms with Crippen molar-refractivity contribution < 1.29 is 13.5 Å². The summed E-state index contributed by atoms with van der Waals surface area (Å²) in [6.07, 6.45) is 1.93. The number of hydrogen-bond acceptors (Lipinski definition) is 6. The minimum atomic E-state index is -3.35. The van der Waals surface area contributed by atoms with Crippen LogP contribution in [0.2, 0.25) is 0 Å². The Morgan fingerprint density at radius 3 is 2.48 bits per heavy atom. The van der Waals surface area contributed by atoms with Gasteiger partial charge in [0.2, 0.25) is 10.0 Å². The Labute approximate surface area is 160 Å². The minimum absolute atomic E-state index is 0.0596. The van der Waals surface area contributed by atoms with Crippen LogP contribution < -0.4 is 4.72 Å². The van der Waals surface area contributed by atoms with Crippen LogP contribution in [0.15, 0.2) is 24.3 Å². The van der Waals surface area contributed by atoms with Gasteiger partial charge in [0, 0.05) is 32.6 Å². The Bertz CT molecular complexity index is 877. The number of rotatable bonds is 6. The van der Waals surface area contributed by atoms with Gasteiger partial charge in [-0.25, -0.2) is 13.1 Å². The molecule has 0 amide bonds. The number of benzene rings is 1. The summed E-state index contributed by atoms with van der Waals surface area (Å²) in [7, 11) is -3.35. The Morgan fingerprint density at radius 1 is 1.15 bits per heavy atom. The highest BCUT2D eigenvalue weighted by Gasteiger charge is 2.28. The molecule has 0 saturated carbocycles. The third kappa shape index (κ3) is 5.06. The summed E-state index contributed by atoms with van der Waals surface area (Å²) in [6.45, 7) is 7.12. The average molecular weight is 394 g/mol. The third-order valence-corrected chi connectivity index (χ3v) is 5.46. The van der Waals surface area contributed by atoms with Gasteiger partial charge >= 0.3 is 0 Å². The lowest BCUT2D eigenvalue weighted by molar-refractivity contribution is 0.269. The van der Waals surface area contributed by atoms with E-state index in [0.717, 1.165) is 37.4 Å². The van der Waals surface area contributed by atoms with E-state index in [9.17, 15) is 13.5 Å². The highest BCUT2D eigenvalue weighted by atomic mass is 32.2. The first-order valence-corrected chi connectivity index (χ1v) is 11.0. The second kappa shape index (κ2) is 7.95. The lowest BCUT2D eigenvalue weighted by atomic mass is 10.1. The normalized spacial score (nSPS) is 16.9. The van der Waals surface area contributed by atoms with E-state index >= 15 is 0 Å². The Balaban J connectivity index is 1.75. The standard InChI is InChI=1S/C18H27N5O3S/c1-13(2)17(21-27(3,25)26)18-20-19-16-8-9-22(10-11-23(16)18)12-14-4-6-15(24)7-5-14/h4-7,13,17,21,24H,8-12H2,1-3H3/t17-/m0/s1. The highest BCUT2D eigenvalue weighted by molar-refractivity contribution is 7.88. The van der Waals surface area contributed by atoms with Gasteiger partial charge < -0.3 is 9.67 Å². The molecule has 2 heterocycles. The summed E-state index contributed by atoms with van der Waals surface area (Å²) >= 11 is 0. The van der Waals surface area contributed by atoms with Crippen LogP contribution in [0, 0.1) is 5.92 Å². The fourth-order valence-electron chi connectivity index (χ4n) is 3.35. The molecule has 0 spiro atoms. The zero-order valence-electron chi connectivity index (χ0n) is 16.0. The molecule has 1 aromatic heterocycles. The maximum absolute atomic E-state index is 11.8. The molecule has 1 aliphatic heterocycles. The lowest BCUT2D eigenvalue weighted by Crippen LogP contribution is -2.33. The van der Waals surface area contributed by atoms with Crippen molar-refractivity contribution in [1.29, 1.82) is 0 Å². The molecule has 0 unspecified atom stereocenters. The summed E-state index contributed by atoms with van der Waals surface area (Å²) in [6, 6.07) is 6.85. The number of aromatic hydroxyl groups is 1. The summed E-state index contributed by atoms with van der Waals surface area (Å²) < 4.78 is 28.3. The van der Waals surface area contributed by atoms with Crippen molar-refractivity contribution in [3.05, 3.63) is 41.5 Å². The molecule has 27 heavy (non-hydrogen) atoms. The number of phenols is 1. The summed E-state index contributed by atoms with van der Waals surface area (Å²) in [5.74, 6) is 1.89. The van der Waals surface area contributed by atoms with E-state index in [1.807, 2.05) is 26.0 Å². The minimum Gasteiger partial charge on any atom is -0.508 e. The number of fused-ring (bicyclic) bond motifs is 1. The zero-order valence-corrected chi connectivity index (χ0v) is 16.8. The van der Waals surface area contributed by atoms with Gasteiger partial charge in [-0.1, -0.05) is 26.0 Å². The first-order chi connectivity index (χ1) is 12.7. The lowest BCUT2D eigenvalue weighted by Gasteiger charge is -2.22.